The van der Waals surface area contributed by atoms with E-state index in [0.717, 1.165) is 103 Å². The fourth-order valence-corrected chi connectivity index (χ4v) is 9.78. The van der Waals surface area contributed by atoms with Crippen LogP contribution in [0.5, 0.6) is 0 Å². The molecule has 3 atom stereocenters. The number of hydrogen-bond acceptors (Lipinski definition) is 5. The molecule has 8 nitrogen and oxygen atoms in total. The van der Waals surface area contributed by atoms with Crippen molar-refractivity contribution in [3.05, 3.63) is 109 Å². The van der Waals surface area contributed by atoms with Crippen LogP contribution in [0.4, 0.5) is 0 Å². The summed E-state index contributed by atoms with van der Waals surface area (Å²) < 4.78 is 23.8. The van der Waals surface area contributed by atoms with Crippen molar-refractivity contribution in [1.82, 2.24) is 5.32 Å². The summed E-state index contributed by atoms with van der Waals surface area (Å²) in [6.07, 6.45) is 85.9. The number of hydrogen-bond donors (Lipinski definition) is 3. The molecule has 0 bridgehead atoms. The smallest absolute Gasteiger partial charge is 0.391 e. The van der Waals surface area contributed by atoms with E-state index in [9.17, 15) is 19.4 Å². The summed E-state index contributed by atoms with van der Waals surface area (Å²) in [5.41, 5.74) is 0. The van der Waals surface area contributed by atoms with Crippen LogP contribution >= 0.6 is 7.82 Å². The molecule has 0 aromatic rings. The van der Waals surface area contributed by atoms with Crippen LogP contribution in [0, 0.1) is 0 Å². The third-order valence-electron chi connectivity index (χ3n) is 14.0. The van der Waals surface area contributed by atoms with Gasteiger partial charge in [0.1, 0.15) is 13.2 Å². The van der Waals surface area contributed by atoms with Gasteiger partial charge in [0.15, 0.2) is 0 Å². The third kappa shape index (κ3) is 60.8. The van der Waals surface area contributed by atoms with Gasteiger partial charge in [-0.15, -0.1) is 0 Å². The highest BCUT2D eigenvalue weighted by molar-refractivity contribution is 7.47. The van der Waals surface area contributed by atoms with E-state index in [1.165, 1.54) is 141 Å². The molecule has 1 amide bonds. The van der Waals surface area contributed by atoms with Gasteiger partial charge in [0, 0.05) is 6.42 Å². The number of aliphatic hydroxyl groups excluding tert-OH is 1. The highest BCUT2D eigenvalue weighted by Gasteiger charge is 2.28. The van der Waals surface area contributed by atoms with Gasteiger partial charge in [0.2, 0.25) is 5.91 Å². The number of rotatable bonds is 58. The molecule has 3 unspecified atom stereocenters. The zero-order valence-corrected chi connectivity index (χ0v) is 52.3. The molecule has 0 aromatic carbocycles. The van der Waals surface area contributed by atoms with Gasteiger partial charge in [-0.05, 0) is 83.5 Å². The number of likely N-dealkylation sites (N-methyl/N-ethyl adjacent to an activating group) is 1. The number of quaternary nitrogens is 1. The van der Waals surface area contributed by atoms with Crippen molar-refractivity contribution in [3.63, 3.8) is 0 Å². The van der Waals surface area contributed by atoms with E-state index >= 15 is 0 Å². The first-order valence-electron chi connectivity index (χ1n) is 32.3. The Balaban J connectivity index is 4.12. The highest BCUT2D eigenvalue weighted by Crippen LogP contribution is 2.43. The van der Waals surface area contributed by atoms with Crippen molar-refractivity contribution >= 4 is 13.7 Å². The van der Waals surface area contributed by atoms with E-state index in [1.807, 2.05) is 21.1 Å². The van der Waals surface area contributed by atoms with E-state index in [-0.39, 0.29) is 19.1 Å². The second-order valence-electron chi connectivity index (χ2n) is 22.8. The summed E-state index contributed by atoms with van der Waals surface area (Å²) in [5, 5.41) is 14.1. The van der Waals surface area contributed by atoms with E-state index < -0.39 is 20.0 Å². The quantitative estimate of drug-likeness (QED) is 0.0243. The zero-order valence-electron chi connectivity index (χ0n) is 51.4. The predicted octanol–water partition coefficient (Wildman–Crippen LogP) is 20.3. The van der Waals surface area contributed by atoms with Crippen LogP contribution in [-0.4, -0.2) is 73.4 Å². The normalized spacial score (nSPS) is 14.5. The van der Waals surface area contributed by atoms with Gasteiger partial charge in [-0.3, -0.25) is 13.8 Å². The van der Waals surface area contributed by atoms with Crippen LogP contribution < -0.4 is 5.32 Å². The van der Waals surface area contributed by atoms with Crippen LogP contribution in [0.2, 0.25) is 0 Å². The number of aliphatic hydroxyl groups is 1. The number of phosphoric ester groups is 1. The molecule has 0 heterocycles. The Morgan fingerprint density at radius 2 is 0.769 bits per heavy atom. The SMILES string of the molecule is CC/C=C\C/C=C\C/C=C\C/C=C\C/C=C\C/C=C\C/C=C\C/C=C\C/C=C\CCCCCCCCCCCC(=O)NC(COP(=O)(O)OCC[N+](C)(C)C)C(O)CCCCCCCCCCCCCCCCCCCCC. The average Bonchev–Trinajstić information content (AvgIpc) is 3.41. The van der Waals surface area contributed by atoms with Gasteiger partial charge in [0.05, 0.1) is 39.9 Å². The summed E-state index contributed by atoms with van der Waals surface area (Å²) in [4.78, 5) is 23.4. The molecular weight excluding hydrogens is 984 g/mol. The largest absolute Gasteiger partial charge is 0.472 e. The maximum Gasteiger partial charge on any atom is 0.472 e. The van der Waals surface area contributed by atoms with E-state index in [1.54, 1.807) is 0 Å². The number of carbonyl (C=O) groups is 1. The zero-order chi connectivity index (χ0) is 57.0. The first kappa shape index (κ1) is 75.2. The number of nitrogens with zero attached hydrogens (tertiary/aromatic N) is 1. The number of carbonyl (C=O) groups excluding carboxylic acids is 1. The van der Waals surface area contributed by atoms with Crippen LogP contribution in [0.15, 0.2) is 109 Å². The minimum atomic E-state index is -4.33. The summed E-state index contributed by atoms with van der Waals surface area (Å²) >= 11 is 0. The molecule has 0 rings (SSSR count). The van der Waals surface area contributed by atoms with Crippen molar-refractivity contribution in [2.75, 3.05) is 40.9 Å². The van der Waals surface area contributed by atoms with E-state index in [4.69, 9.17) is 9.05 Å². The summed E-state index contributed by atoms with van der Waals surface area (Å²) in [7, 11) is 1.60. The third-order valence-corrected chi connectivity index (χ3v) is 15.0. The molecule has 0 aliphatic carbocycles. The summed E-state index contributed by atoms with van der Waals surface area (Å²) in [5.74, 6) is -0.153. The van der Waals surface area contributed by atoms with Crippen LogP contribution in [0.3, 0.4) is 0 Å². The lowest BCUT2D eigenvalue weighted by Gasteiger charge is -2.26. The molecule has 78 heavy (non-hydrogen) atoms. The van der Waals surface area contributed by atoms with E-state index in [2.05, 4.69) is 129 Å². The molecule has 450 valence electrons. The Hall–Kier alpha value is -2.84. The molecule has 9 heteroatoms. The van der Waals surface area contributed by atoms with Crippen LogP contribution in [0.25, 0.3) is 0 Å². The fraction of sp³-hybridized carbons (Fsp3) is 0.725. The monoisotopic (exact) mass is 1110 g/mol. The molecule has 0 saturated carbocycles. The number of unbranched alkanes of at least 4 members (excludes halogenated alkanes) is 27. The van der Waals surface area contributed by atoms with Gasteiger partial charge in [-0.25, -0.2) is 4.57 Å². The van der Waals surface area contributed by atoms with Crippen molar-refractivity contribution in [2.24, 2.45) is 0 Å². The second-order valence-corrected chi connectivity index (χ2v) is 24.2. The average molecular weight is 1110 g/mol. The van der Waals surface area contributed by atoms with E-state index in [0.29, 0.717) is 23.9 Å². The van der Waals surface area contributed by atoms with Gasteiger partial charge in [0.25, 0.3) is 0 Å². The predicted molar refractivity (Wildman–Crippen MR) is 341 cm³/mol. The minimum absolute atomic E-state index is 0.0691. The molecule has 0 spiro atoms. The van der Waals surface area contributed by atoms with Crippen molar-refractivity contribution in [2.45, 2.75) is 283 Å². The molecule has 0 radical (unpaired) electrons. The maximum absolute atomic E-state index is 13.0. The standard InChI is InChI=1S/C69H123N2O6P/c1-6-8-10-12-14-16-18-20-22-24-26-27-28-29-30-31-32-33-34-35-36-37-38-39-40-41-42-43-45-47-49-51-53-55-57-59-61-63-69(73)70-67(66-77-78(74,75)76-65-64-71(3,4)5)68(72)62-60-58-56-54-52-50-48-46-44-25-23-21-19-17-15-13-11-9-7-2/h8,10,14,16,20,22,26-27,29-30,32-33,35-36,38-39,41-42,67-68,72H,6-7,9,11-13,15,17-19,21,23-25,28,31,34,37,40,43-66H2,1-5H3,(H-,70,73,74,75)/p+1/b10-8-,16-14-,22-20-,27-26-,30-29-,33-32-,36-35-,39-38-,42-41-. The van der Waals surface area contributed by atoms with Gasteiger partial charge in [-0.2, -0.15) is 0 Å². The Morgan fingerprint density at radius 3 is 1.13 bits per heavy atom. The lowest BCUT2D eigenvalue weighted by molar-refractivity contribution is -0.870. The summed E-state index contributed by atoms with van der Waals surface area (Å²) in [6, 6.07) is -0.772. The van der Waals surface area contributed by atoms with Crippen molar-refractivity contribution in [3.8, 4) is 0 Å². The molecule has 0 aliphatic rings. The highest BCUT2D eigenvalue weighted by atomic mass is 31.2. The Labute approximate surface area is 482 Å². The maximum atomic E-state index is 13.0. The lowest BCUT2D eigenvalue weighted by Crippen LogP contribution is -2.46. The van der Waals surface area contributed by atoms with Crippen LogP contribution in [0.1, 0.15) is 271 Å². The summed E-state index contributed by atoms with van der Waals surface area (Å²) in [6.45, 7) is 4.78. The van der Waals surface area contributed by atoms with Crippen molar-refractivity contribution in [1.29, 1.82) is 0 Å². The van der Waals surface area contributed by atoms with Crippen molar-refractivity contribution < 1.29 is 32.9 Å². The van der Waals surface area contributed by atoms with Gasteiger partial charge >= 0.3 is 7.82 Å². The van der Waals surface area contributed by atoms with Gasteiger partial charge < -0.3 is 19.8 Å². The topological polar surface area (TPSA) is 105 Å². The molecule has 0 fully saturated rings. The van der Waals surface area contributed by atoms with Crippen LogP contribution in [-0.2, 0) is 18.4 Å². The number of phosphoric acid groups is 1. The number of allylic oxidation sites excluding steroid dienone is 18. The lowest BCUT2D eigenvalue weighted by atomic mass is 10.0. The molecular formula is C69H124N2O6P+. The molecule has 3 N–H and O–H groups in total. The first-order chi connectivity index (χ1) is 38.0. The first-order valence-corrected chi connectivity index (χ1v) is 33.7. The molecule has 0 saturated heterocycles. The second kappa shape index (κ2) is 58.8. The van der Waals surface area contributed by atoms with Gasteiger partial charge in [-0.1, -0.05) is 290 Å². The number of nitrogens with one attached hydrogen (secondary N) is 1. The molecule has 0 aromatic heterocycles. The fourth-order valence-electron chi connectivity index (χ4n) is 9.04. The Kier molecular flexibility index (Phi) is 56.7. The Bertz CT molecular complexity index is 1640. The number of amides is 1. The minimum Gasteiger partial charge on any atom is -0.391 e. The Morgan fingerprint density at radius 1 is 0.449 bits per heavy atom. The molecule has 0 aliphatic heterocycles.